The van der Waals surface area contributed by atoms with Crippen molar-refractivity contribution in [3.63, 3.8) is 0 Å². The lowest BCUT2D eigenvalue weighted by Gasteiger charge is -2.07. The number of nitrogens with zero attached hydrogens (tertiary/aromatic N) is 2. The number of nitrogen functional groups attached to an aromatic ring is 1. The van der Waals surface area contributed by atoms with Crippen LogP contribution in [0.4, 0.5) is 11.4 Å². The molecule has 0 radical (unpaired) electrons. The Bertz CT molecular complexity index is 471. The maximum atomic E-state index is 10.8. The number of nitro groups is 1. The number of aliphatic imine (C=N–C) groups is 1. The van der Waals surface area contributed by atoms with Crippen LogP contribution in [0.5, 0.6) is 0 Å². The summed E-state index contributed by atoms with van der Waals surface area (Å²) in [6, 6.07) is 4.76. The summed E-state index contributed by atoms with van der Waals surface area (Å²) < 4.78 is 0. The standard InChI is InChI=1S/C11H14N4O2/c12-9-4-3-8(7-10(9)15(16)17)11-13-5-1-2-6-14-11/h3-4,7H,1-2,5-6,12H2,(H,13,14). The first-order valence-electron chi connectivity index (χ1n) is 5.51. The average molecular weight is 234 g/mol. The van der Waals surface area contributed by atoms with Crippen molar-refractivity contribution in [2.24, 2.45) is 4.99 Å². The third kappa shape index (κ3) is 2.52. The van der Waals surface area contributed by atoms with E-state index in [1.54, 1.807) is 12.1 Å². The second kappa shape index (κ2) is 4.82. The lowest BCUT2D eigenvalue weighted by molar-refractivity contribution is -0.383. The largest absolute Gasteiger partial charge is 0.393 e. The number of hydrogen-bond acceptors (Lipinski definition) is 5. The average Bonchev–Trinajstić information content (AvgIpc) is 2.58. The van der Waals surface area contributed by atoms with Crippen molar-refractivity contribution < 1.29 is 4.92 Å². The second-order valence-electron chi connectivity index (χ2n) is 3.89. The van der Waals surface area contributed by atoms with Crippen molar-refractivity contribution in [1.29, 1.82) is 0 Å². The van der Waals surface area contributed by atoms with Crippen LogP contribution in [0.15, 0.2) is 23.2 Å². The van der Waals surface area contributed by atoms with E-state index >= 15 is 0 Å². The number of nitrogens with one attached hydrogen (secondary N) is 1. The van der Waals surface area contributed by atoms with Gasteiger partial charge >= 0.3 is 0 Å². The molecule has 6 nitrogen and oxygen atoms in total. The molecule has 6 heteroatoms. The Morgan fingerprint density at radius 1 is 1.41 bits per heavy atom. The number of hydrogen-bond donors (Lipinski definition) is 2. The molecule has 1 aromatic carbocycles. The Balaban J connectivity index is 2.35. The SMILES string of the molecule is Nc1ccc(C2=NCCCCN2)cc1[N+](=O)[O-]. The molecule has 1 aliphatic heterocycles. The molecule has 0 saturated carbocycles. The molecule has 3 N–H and O–H groups in total. The van der Waals surface area contributed by atoms with E-state index < -0.39 is 4.92 Å². The number of nitro benzene ring substituents is 1. The maximum absolute atomic E-state index is 10.8. The highest BCUT2D eigenvalue weighted by Gasteiger charge is 2.15. The van der Waals surface area contributed by atoms with Gasteiger partial charge < -0.3 is 11.1 Å². The van der Waals surface area contributed by atoms with E-state index in [2.05, 4.69) is 10.3 Å². The van der Waals surface area contributed by atoms with Crippen LogP contribution in [0.1, 0.15) is 18.4 Å². The number of benzene rings is 1. The molecule has 1 aliphatic rings. The van der Waals surface area contributed by atoms with Gasteiger partial charge in [0.1, 0.15) is 11.5 Å². The van der Waals surface area contributed by atoms with Crippen LogP contribution in [0.3, 0.4) is 0 Å². The molecule has 17 heavy (non-hydrogen) atoms. The number of anilines is 1. The van der Waals surface area contributed by atoms with Crippen LogP contribution in [-0.2, 0) is 0 Å². The van der Waals surface area contributed by atoms with E-state index in [1.807, 2.05) is 0 Å². The molecule has 0 aromatic heterocycles. The Labute approximate surface area is 98.7 Å². The fraction of sp³-hybridized carbons (Fsp3) is 0.364. The minimum atomic E-state index is -0.476. The highest BCUT2D eigenvalue weighted by Crippen LogP contribution is 2.22. The van der Waals surface area contributed by atoms with Crippen molar-refractivity contribution >= 4 is 17.2 Å². The summed E-state index contributed by atoms with van der Waals surface area (Å²) in [6.07, 6.45) is 2.09. The first kappa shape index (κ1) is 11.4. The van der Waals surface area contributed by atoms with Crippen LogP contribution >= 0.6 is 0 Å². The van der Waals surface area contributed by atoms with Gasteiger partial charge in [-0.2, -0.15) is 0 Å². The number of amidine groups is 1. The van der Waals surface area contributed by atoms with Gasteiger partial charge in [0.15, 0.2) is 0 Å². The van der Waals surface area contributed by atoms with Gasteiger partial charge in [0.2, 0.25) is 0 Å². The molecule has 0 unspecified atom stereocenters. The van der Waals surface area contributed by atoms with Gasteiger partial charge in [0, 0.05) is 24.7 Å². The quantitative estimate of drug-likeness (QED) is 0.458. The van der Waals surface area contributed by atoms with Crippen LogP contribution in [0.2, 0.25) is 0 Å². The topological polar surface area (TPSA) is 93.5 Å². The summed E-state index contributed by atoms with van der Waals surface area (Å²) in [5.74, 6) is 0.714. The van der Waals surface area contributed by atoms with Gasteiger partial charge in [-0.3, -0.25) is 15.1 Å². The van der Waals surface area contributed by atoms with Gasteiger partial charge in [-0.15, -0.1) is 0 Å². The first-order valence-corrected chi connectivity index (χ1v) is 5.51. The predicted molar refractivity (Wildman–Crippen MR) is 66.1 cm³/mol. The van der Waals surface area contributed by atoms with Gasteiger partial charge in [-0.1, -0.05) is 0 Å². The van der Waals surface area contributed by atoms with Crippen LogP contribution in [-0.4, -0.2) is 23.8 Å². The van der Waals surface area contributed by atoms with E-state index in [4.69, 9.17) is 5.73 Å². The Hall–Kier alpha value is -2.11. The lowest BCUT2D eigenvalue weighted by atomic mass is 10.1. The third-order valence-corrected chi connectivity index (χ3v) is 2.65. The zero-order valence-corrected chi connectivity index (χ0v) is 9.35. The van der Waals surface area contributed by atoms with Crippen molar-refractivity contribution in [2.75, 3.05) is 18.8 Å². The first-order chi connectivity index (χ1) is 8.18. The van der Waals surface area contributed by atoms with Gasteiger partial charge in [-0.25, -0.2) is 0 Å². The van der Waals surface area contributed by atoms with Gasteiger partial charge in [-0.05, 0) is 25.0 Å². The minimum absolute atomic E-state index is 0.0729. The lowest BCUT2D eigenvalue weighted by Crippen LogP contribution is -2.24. The predicted octanol–water partition coefficient (Wildman–Crippen LogP) is 1.31. The monoisotopic (exact) mass is 234 g/mol. The molecule has 0 saturated heterocycles. The van der Waals surface area contributed by atoms with E-state index in [9.17, 15) is 10.1 Å². The van der Waals surface area contributed by atoms with E-state index in [-0.39, 0.29) is 11.4 Å². The number of nitrogens with two attached hydrogens (primary N) is 1. The summed E-state index contributed by atoms with van der Waals surface area (Å²) in [4.78, 5) is 14.7. The molecule has 0 fully saturated rings. The molecule has 90 valence electrons. The van der Waals surface area contributed by atoms with Crippen molar-refractivity contribution in [2.45, 2.75) is 12.8 Å². The summed E-state index contributed by atoms with van der Waals surface area (Å²) >= 11 is 0. The van der Waals surface area contributed by atoms with Crippen molar-refractivity contribution in [3.8, 4) is 0 Å². The van der Waals surface area contributed by atoms with Crippen molar-refractivity contribution in [3.05, 3.63) is 33.9 Å². The van der Waals surface area contributed by atoms with E-state index in [1.165, 1.54) is 6.07 Å². The summed E-state index contributed by atoms with van der Waals surface area (Å²) in [7, 11) is 0. The van der Waals surface area contributed by atoms with Crippen LogP contribution in [0.25, 0.3) is 0 Å². The molecule has 0 aliphatic carbocycles. The second-order valence-corrected chi connectivity index (χ2v) is 3.89. The van der Waals surface area contributed by atoms with Gasteiger partial charge in [0.25, 0.3) is 5.69 Å². The fourth-order valence-corrected chi connectivity index (χ4v) is 1.73. The number of rotatable bonds is 2. The van der Waals surface area contributed by atoms with Crippen molar-refractivity contribution in [1.82, 2.24) is 5.32 Å². The molecular formula is C11H14N4O2. The zero-order chi connectivity index (χ0) is 12.3. The summed E-state index contributed by atoms with van der Waals surface area (Å²) in [6.45, 7) is 1.59. The minimum Gasteiger partial charge on any atom is -0.393 e. The zero-order valence-electron chi connectivity index (χ0n) is 9.35. The smallest absolute Gasteiger partial charge is 0.292 e. The molecule has 2 rings (SSSR count). The Morgan fingerprint density at radius 2 is 2.24 bits per heavy atom. The summed E-state index contributed by atoms with van der Waals surface area (Å²) in [5.41, 5.74) is 6.37. The molecule has 0 bridgehead atoms. The molecule has 0 atom stereocenters. The van der Waals surface area contributed by atoms with E-state index in [0.29, 0.717) is 11.4 Å². The fourth-order valence-electron chi connectivity index (χ4n) is 1.73. The summed E-state index contributed by atoms with van der Waals surface area (Å²) in [5, 5.41) is 14.0. The Morgan fingerprint density at radius 3 is 3.00 bits per heavy atom. The molecule has 1 heterocycles. The highest BCUT2D eigenvalue weighted by atomic mass is 16.6. The van der Waals surface area contributed by atoms with Gasteiger partial charge in [0.05, 0.1) is 4.92 Å². The van der Waals surface area contributed by atoms with Crippen LogP contribution < -0.4 is 11.1 Å². The molecular weight excluding hydrogens is 220 g/mol. The Kier molecular flexibility index (Phi) is 3.22. The normalized spacial score (nSPS) is 15.6. The molecule has 0 spiro atoms. The maximum Gasteiger partial charge on any atom is 0.292 e. The molecule has 1 aromatic rings. The van der Waals surface area contributed by atoms with E-state index in [0.717, 1.165) is 25.9 Å². The third-order valence-electron chi connectivity index (χ3n) is 2.65. The van der Waals surface area contributed by atoms with Crippen LogP contribution in [0, 0.1) is 10.1 Å². The highest BCUT2D eigenvalue weighted by molar-refractivity contribution is 6.00. The molecule has 0 amide bonds.